The Hall–Kier alpha value is 0.0700. The van der Waals surface area contributed by atoms with Crippen molar-refractivity contribution in [3.05, 3.63) is 0 Å². The maximum atomic E-state index is 10.3. The van der Waals surface area contributed by atoms with Crippen LogP contribution in [0.25, 0.3) is 0 Å². The summed E-state index contributed by atoms with van der Waals surface area (Å²) >= 11 is 0. The molecule has 0 aliphatic carbocycles. The van der Waals surface area contributed by atoms with E-state index in [1.165, 1.54) is 13.8 Å². The summed E-state index contributed by atoms with van der Waals surface area (Å²) in [5.41, 5.74) is 3.96. The van der Waals surface area contributed by atoms with E-state index in [9.17, 15) is 4.57 Å². The van der Waals surface area contributed by atoms with Gasteiger partial charge in [-0.2, -0.15) is 0 Å². The van der Waals surface area contributed by atoms with E-state index in [0.717, 1.165) is 0 Å². The Labute approximate surface area is 59.0 Å². The molecule has 0 aromatic carbocycles. The first kappa shape index (κ1) is 10.1. The van der Waals surface area contributed by atoms with Gasteiger partial charge in [-0.1, -0.05) is 0 Å². The molecule has 5 N–H and O–H groups in total. The van der Waals surface area contributed by atoms with Crippen molar-refractivity contribution in [2.24, 2.45) is 5.73 Å². The minimum absolute atomic E-state index is 1.26. The average molecular weight is 169 g/mol. The van der Waals surface area contributed by atoms with Crippen molar-refractivity contribution >= 4 is 7.60 Å². The predicted molar refractivity (Wildman–Crippen MR) is 36.3 cm³/mol. The van der Waals surface area contributed by atoms with Crippen molar-refractivity contribution in [2.45, 2.75) is 25.2 Å². The van der Waals surface area contributed by atoms with Gasteiger partial charge in [0.05, 0.1) is 0 Å². The number of aliphatic hydroxyl groups is 1. The molecule has 0 aliphatic rings. The Morgan fingerprint density at radius 2 is 1.80 bits per heavy atom. The molecule has 0 saturated heterocycles. The lowest BCUT2D eigenvalue weighted by atomic mass is 10.1. The molecule has 0 aromatic rings. The predicted octanol–water partition coefficient (Wildman–Crippen LogP) is -0.780. The van der Waals surface area contributed by atoms with E-state index in [0.29, 0.717) is 0 Å². The standard InChI is InChI=1S/C4H12NO4P/c1-4(2,5)3(6)10(7,8)9/h3,6H,5H2,1-2H3,(H2,7,8,9). The minimum Gasteiger partial charge on any atom is -0.379 e. The van der Waals surface area contributed by atoms with E-state index in [4.69, 9.17) is 20.6 Å². The molecule has 0 fully saturated rings. The van der Waals surface area contributed by atoms with Gasteiger partial charge in [-0.3, -0.25) is 4.57 Å². The number of nitrogens with two attached hydrogens (primary N) is 1. The molecular weight excluding hydrogens is 157 g/mol. The van der Waals surface area contributed by atoms with Crippen molar-refractivity contribution in [3.8, 4) is 0 Å². The summed E-state index contributed by atoms with van der Waals surface area (Å²) in [6, 6.07) is 0. The quantitative estimate of drug-likeness (QED) is 0.406. The molecule has 0 bridgehead atoms. The molecule has 62 valence electrons. The van der Waals surface area contributed by atoms with Crippen molar-refractivity contribution in [2.75, 3.05) is 0 Å². The highest BCUT2D eigenvalue weighted by atomic mass is 31.2. The topological polar surface area (TPSA) is 104 Å². The third-order valence-corrected chi connectivity index (χ3v) is 2.29. The van der Waals surface area contributed by atoms with Gasteiger partial charge in [0.15, 0.2) is 5.85 Å². The van der Waals surface area contributed by atoms with Gasteiger partial charge in [-0.15, -0.1) is 0 Å². The van der Waals surface area contributed by atoms with E-state index in [-0.39, 0.29) is 0 Å². The second-order valence-electron chi connectivity index (χ2n) is 2.78. The largest absolute Gasteiger partial charge is 0.379 e. The molecule has 1 unspecified atom stereocenters. The monoisotopic (exact) mass is 169 g/mol. The highest BCUT2D eigenvalue weighted by molar-refractivity contribution is 7.52. The molecule has 0 spiro atoms. The second kappa shape index (κ2) is 2.60. The normalized spacial score (nSPS) is 17.0. The van der Waals surface area contributed by atoms with E-state index in [2.05, 4.69) is 0 Å². The van der Waals surface area contributed by atoms with Crippen LogP contribution in [0.2, 0.25) is 0 Å². The van der Waals surface area contributed by atoms with Crippen molar-refractivity contribution < 1.29 is 19.5 Å². The van der Waals surface area contributed by atoms with Gasteiger partial charge in [0.2, 0.25) is 0 Å². The lowest BCUT2D eigenvalue weighted by Crippen LogP contribution is -2.44. The SMILES string of the molecule is CC(C)(N)C(O)P(=O)(O)O. The fourth-order valence-electron chi connectivity index (χ4n) is 0.433. The van der Waals surface area contributed by atoms with E-state index in [1.807, 2.05) is 0 Å². The van der Waals surface area contributed by atoms with Crippen LogP contribution in [0.4, 0.5) is 0 Å². The summed E-state index contributed by atoms with van der Waals surface area (Å²) in [5.74, 6) is -1.79. The van der Waals surface area contributed by atoms with Gasteiger partial charge in [-0.05, 0) is 13.8 Å². The first-order valence-electron chi connectivity index (χ1n) is 2.68. The molecular formula is C4H12NO4P. The van der Waals surface area contributed by atoms with E-state index < -0.39 is 19.0 Å². The maximum absolute atomic E-state index is 10.3. The molecule has 0 amide bonds. The summed E-state index contributed by atoms with van der Waals surface area (Å²) in [5, 5.41) is 8.83. The zero-order valence-corrected chi connectivity index (χ0v) is 6.75. The van der Waals surface area contributed by atoms with Gasteiger partial charge < -0.3 is 20.6 Å². The van der Waals surface area contributed by atoms with Crippen LogP contribution in [0.3, 0.4) is 0 Å². The van der Waals surface area contributed by atoms with Crippen molar-refractivity contribution in [3.63, 3.8) is 0 Å². The van der Waals surface area contributed by atoms with Crippen LogP contribution in [0.1, 0.15) is 13.8 Å². The molecule has 0 heterocycles. The molecule has 0 aromatic heterocycles. The van der Waals surface area contributed by atoms with Crippen LogP contribution in [-0.4, -0.2) is 26.3 Å². The van der Waals surface area contributed by atoms with Crippen LogP contribution in [0.5, 0.6) is 0 Å². The lowest BCUT2D eigenvalue weighted by Gasteiger charge is -2.25. The molecule has 0 saturated carbocycles. The third-order valence-electron chi connectivity index (χ3n) is 0.984. The van der Waals surface area contributed by atoms with Crippen LogP contribution in [0.15, 0.2) is 0 Å². The highest BCUT2D eigenvalue weighted by Gasteiger charge is 2.37. The first-order valence-corrected chi connectivity index (χ1v) is 4.36. The Kier molecular flexibility index (Phi) is 2.62. The molecule has 1 atom stereocenters. The zero-order valence-electron chi connectivity index (χ0n) is 5.85. The van der Waals surface area contributed by atoms with Crippen molar-refractivity contribution in [1.82, 2.24) is 0 Å². The fourth-order valence-corrected chi connectivity index (χ4v) is 1.30. The molecule has 0 rings (SSSR count). The van der Waals surface area contributed by atoms with Gasteiger partial charge in [-0.25, -0.2) is 0 Å². The molecule has 0 aliphatic heterocycles. The molecule has 6 heteroatoms. The molecule has 0 radical (unpaired) electrons. The summed E-state index contributed by atoms with van der Waals surface area (Å²) in [6.45, 7) is 2.69. The van der Waals surface area contributed by atoms with Crippen LogP contribution >= 0.6 is 7.60 Å². The van der Waals surface area contributed by atoms with Crippen LogP contribution < -0.4 is 5.73 Å². The number of hydrogen-bond acceptors (Lipinski definition) is 3. The Bertz CT molecular complexity index is 157. The fraction of sp³-hybridized carbons (Fsp3) is 1.00. The van der Waals surface area contributed by atoms with Gasteiger partial charge in [0, 0.05) is 5.54 Å². The van der Waals surface area contributed by atoms with Crippen LogP contribution in [-0.2, 0) is 4.57 Å². The maximum Gasteiger partial charge on any atom is 0.355 e. The molecule has 5 nitrogen and oxygen atoms in total. The number of hydrogen-bond donors (Lipinski definition) is 4. The van der Waals surface area contributed by atoms with Gasteiger partial charge in [0.25, 0.3) is 0 Å². The van der Waals surface area contributed by atoms with Gasteiger partial charge in [0.1, 0.15) is 0 Å². The number of rotatable bonds is 2. The first-order chi connectivity index (χ1) is 4.15. The van der Waals surface area contributed by atoms with Crippen LogP contribution in [0, 0.1) is 0 Å². The second-order valence-corrected chi connectivity index (χ2v) is 4.45. The lowest BCUT2D eigenvalue weighted by molar-refractivity contribution is 0.141. The highest BCUT2D eigenvalue weighted by Crippen LogP contribution is 2.43. The summed E-state index contributed by atoms with van der Waals surface area (Å²) in [4.78, 5) is 16.8. The summed E-state index contributed by atoms with van der Waals surface area (Å²) < 4.78 is 10.3. The summed E-state index contributed by atoms with van der Waals surface area (Å²) in [6.07, 6.45) is 0. The third kappa shape index (κ3) is 2.77. The van der Waals surface area contributed by atoms with E-state index >= 15 is 0 Å². The Morgan fingerprint density at radius 3 is 1.80 bits per heavy atom. The minimum atomic E-state index is -4.45. The average Bonchev–Trinajstić information content (AvgIpc) is 1.59. The van der Waals surface area contributed by atoms with E-state index in [1.54, 1.807) is 0 Å². The van der Waals surface area contributed by atoms with Crippen molar-refractivity contribution in [1.29, 1.82) is 0 Å². The smallest absolute Gasteiger partial charge is 0.355 e. The Balaban J connectivity index is 4.39. The van der Waals surface area contributed by atoms with Gasteiger partial charge >= 0.3 is 7.60 Å². The Morgan fingerprint density at radius 1 is 1.50 bits per heavy atom. The number of aliphatic hydroxyl groups excluding tert-OH is 1. The summed E-state index contributed by atoms with van der Waals surface area (Å²) in [7, 11) is -4.45. The zero-order chi connectivity index (χ0) is 8.58. The molecule has 10 heavy (non-hydrogen) atoms.